The van der Waals surface area contributed by atoms with E-state index in [1.54, 1.807) is 4.90 Å². The summed E-state index contributed by atoms with van der Waals surface area (Å²) < 4.78 is 5.95. The highest BCUT2D eigenvalue weighted by Crippen LogP contribution is 2.30. The van der Waals surface area contributed by atoms with E-state index in [9.17, 15) is 9.59 Å². The minimum absolute atomic E-state index is 0.109. The predicted octanol–water partition coefficient (Wildman–Crippen LogP) is 9.03. The number of rotatable bonds is 16. The van der Waals surface area contributed by atoms with Gasteiger partial charge >= 0.3 is 0 Å². The van der Waals surface area contributed by atoms with Crippen LogP contribution in [0.1, 0.15) is 82.6 Å². The van der Waals surface area contributed by atoms with Crippen molar-refractivity contribution in [2.75, 3.05) is 13.2 Å². The van der Waals surface area contributed by atoms with Crippen LogP contribution in [0.25, 0.3) is 11.1 Å². The maximum absolute atomic E-state index is 13.2. The van der Waals surface area contributed by atoms with Gasteiger partial charge in [0.15, 0.2) is 5.78 Å². The first kappa shape index (κ1) is 34.6. The highest BCUT2D eigenvalue weighted by molar-refractivity contribution is 6.05. The summed E-state index contributed by atoms with van der Waals surface area (Å²) in [5.74, 6) is 1.06. The molecule has 241 valence electrons. The zero-order chi connectivity index (χ0) is 33.3. The van der Waals surface area contributed by atoms with Crippen LogP contribution < -0.4 is 4.74 Å². The largest absolute Gasteiger partial charge is 0.493 e. The van der Waals surface area contributed by atoms with E-state index < -0.39 is 0 Å². The van der Waals surface area contributed by atoms with Crippen LogP contribution in [0.15, 0.2) is 90.5 Å². The number of nitrogens with zero attached hydrogens (tertiary/aromatic N) is 1. The summed E-state index contributed by atoms with van der Waals surface area (Å²) in [6.45, 7) is 15.7. The summed E-state index contributed by atoms with van der Waals surface area (Å²) in [6, 6.07) is 23.1. The number of likely N-dealkylation sites (N-methyl/N-ethyl adjacent to an activating group) is 1. The molecule has 5 heteroatoms. The molecule has 0 bridgehead atoms. The van der Waals surface area contributed by atoms with Gasteiger partial charge in [-0.3, -0.25) is 19.9 Å². The third kappa shape index (κ3) is 9.62. The van der Waals surface area contributed by atoms with Gasteiger partial charge in [-0.25, -0.2) is 0 Å². The Morgan fingerprint density at radius 1 is 0.891 bits per heavy atom. The van der Waals surface area contributed by atoms with Crippen molar-refractivity contribution >= 4 is 17.5 Å². The number of hydrogen-bond donors (Lipinski definition) is 1. The predicted molar refractivity (Wildman–Crippen MR) is 189 cm³/mol. The van der Waals surface area contributed by atoms with Crippen LogP contribution in [0.5, 0.6) is 5.75 Å². The highest BCUT2D eigenvalue weighted by atomic mass is 16.5. The molecular formula is C41H49N2O3. The molecule has 3 aromatic carbocycles. The second-order valence-electron chi connectivity index (χ2n) is 13.2. The Hall–Kier alpha value is -4.25. The van der Waals surface area contributed by atoms with E-state index in [0.717, 1.165) is 53.7 Å². The number of ketones is 1. The van der Waals surface area contributed by atoms with Crippen LogP contribution in [0.2, 0.25) is 0 Å². The van der Waals surface area contributed by atoms with Crippen LogP contribution in [0.3, 0.4) is 0 Å². The second-order valence-corrected chi connectivity index (χ2v) is 13.2. The molecule has 0 spiro atoms. The topological polar surface area (TPSA) is 70.5 Å². The summed E-state index contributed by atoms with van der Waals surface area (Å²) in [5, 5.41) is 8.69. The number of carbonyl (C=O) groups is 2. The van der Waals surface area contributed by atoms with Crippen molar-refractivity contribution < 1.29 is 14.3 Å². The molecule has 46 heavy (non-hydrogen) atoms. The maximum atomic E-state index is 13.2. The third-order valence-corrected chi connectivity index (χ3v) is 8.39. The molecule has 4 rings (SSSR count). The average Bonchev–Trinajstić information content (AvgIpc) is 3.89. The van der Waals surface area contributed by atoms with Crippen molar-refractivity contribution in [2.24, 2.45) is 0 Å². The summed E-state index contributed by atoms with van der Waals surface area (Å²) in [5.41, 5.74) is 8.10. The Morgan fingerprint density at radius 3 is 2.26 bits per heavy atom. The lowest BCUT2D eigenvalue weighted by molar-refractivity contribution is -0.123. The molecule has 0 fully saturated rings. The van der Waals surface area contributed by atoms with E-state index in [2.05, 4.69) is 94.9 Å². The van der Waals surface area contributed by atoms with Gasteiger partial charge in [0.2, 0.25) is 0 Å². The quantitative estimate of drug-likeness (QED) is 0.0991. The molecule has 1 amide bonds. The zero-order valence-corrected chi connectivity index (χ0v) is 28.2. The van der Waals surface area contributed by atoms with Gasteiger partial charge < -0.3 is 4.74 Å². The Balaban J connectivity index is 1.32. The lowest BCUT2D eigenvalue weighted by Gasteiger charge is -2.23. The number of benzene rings is 3. The zero-order valence-electron chi connectivity index (χ0n) is 28.2. The summed E-state index contributed by atoms with van der Waals surface area (Å²) >= 11 is 0. The minimum Gasteiger partial charge on any atom is -0.493 e. The van der Waals surface area contributed by atoms with Gasteiger partial charge in [-0.15, -0.1) is 0 Å². The molecule has 1 aliphatic carbocycles. The van der Waals surface area contributed by atoms with E-state index >= 15 is 0 Å². The highest BCUT2D eigenvalue weighted by Gasteiger charge is 2.21. The molecule has 1 N–H and O–H groups in total. The standard InChI is InChI=1S/C41H49N2O3/c1-7-25-46-38-24-21-34(27-35(38)28-37(44)32-19-20-32)33-13-9-11-31(26-33)12-10-14-39(42)43(8-2)40(45)29(3)15-16-30-17-22-36(23-18-30)41(4,5)6/h9,11,13,17-24,26-27,42H,3,7-8,10,12,14-16,25,28H2,1-2,4-6H3. The first-order valence-corrected chi connectivity index (χ1v) is 16.6. The van der Waals surface area contributed by atoms with E-state index in [1.165, 1.54) is 16.7 Å². The number of carbonyl (C=O) groups excluding carboxylic acids is 2. The summed E-state index contributed by atoms with van der Waals surface area (Å²) in [4.78, 5) is 27.3. The molecule has 0 saturated heterocycles. The van der Waals surface area contributed by atoms with Crippen molar-refractivity contribution in [1.29, 1.82) is 5.41 Å². The van der Waals surface area contributed by atoms with E-state index in [4.69, 9.17) is 10.1 Å². The van der Waals surface area contributed by atoms with Crippen molar-refractivity contribution in [3.63, 3.8) is 0 Å². The molecule has 1 radical (unpaired) electrons. The van der Waals surface area contributed by atoms with Crippen LogP contribution in [-0.4, -0.2) is 35.6 Å². The minimum atomic E-state index is -0.155. The van der Waals surface area contributed by atoms with E-state index in [0.29, 0.717) is 43.8 Å². The number of nitrogens with one attached hydrogen (secondary N) is 1. The number of hydrogen-bond acceptors (Lipinski definition) is 4. The van der Waals surface area contributed by atoms with Gasteiger partial charge in [-0.05, 0) is 90.0 Å². The van der Waals surface area contributed by atoms with Crippen molar-refractivity contribution in [2.45, 2.75) is 85.0 Å². The molecule has 3 aromatic rings. The summed E-state index contributed by atoms with van der Waals surface area (Å²) in [6.07, 6.45) is 8.30. The molecule has 5 nitrogen and oxygen atoms in total. The number of allylic oxidation sites excluding steroid dienone is 2. The second kappa shape index (κ2) is 15.8. The molecular weight excluding hydrogens is 568 g/mol. The number of Topliss-reactive ketones (excluding diaryl/α,β-unsaturated/α-hetero) is 1. The van der Waals surface area contributed by atoms with E-state index in [-0.39, 0.29) is 17.1 Å². The Labute approximate surface area is 275 Å². The molecule has 0 aromatic heterocycles. The number of ether oxygens (including phenoxy) is 1. The van der Waals surface area contributed by atoms with Gasteiger partial charge in [-0.2, -0.15) is 0 Å². The van der Waals surface area contributed by atoms with Gasteiger partial charge in [0, 0.05) is 36.9 Å². The molecule has 1 aliphatic rings. The van der Waals surface area contributed by atoms with Crippen molar-refractivity contribution in [3.05, 3.63) is 119 Å². The first-order valence-electron chi connectivity index (χ1n) is 16.6. The normalized spacial score (nSPS) is 12.3. The Morgan fingerprint density at radius 2 is 1.61 bits per heavy atom. The third-order valence-electron chi connectivity index (χ3n) is 8.39. The SMILES string of the molecule is C=C(CCc1ccc(C(C)(C)C)cc1)C(=O)N(CC)C(=N)CCCc1cccc(-c2ccc(OCCC)c(CC(=O)C3=C[CH]3)c2)c1. The fourth-order valence-corrected chi connectivity index (χ4v) is 5.48. The van der Waals surface area contributed by atoms with Gasteiger partial charge in [0.05, 0.1) is 6.61 Å². The van der Waals surface area contributed by atoms with Gasteiger partial charge in [0.25, 0.3) is 5.91 Å². The Bertz CT molecular complexity index is 1590. The van der Waals surface area contributed by atoms with Crippen molar-refractivity contribution in [1.82, 2.24) is 4.90 Å². The maximum Gasteiger partial charge on any atom is 0.254 e. The monoisotopic (exact) mass is 617 g/mol. The van der Waals surface area contributed by atoms with Crippen LogP contribution in [-0.2, 0) is 34.3 Å². The number of amides is 1. The fraction of sp³-hybridized carbons (Fsp3) is 0.366. The van der Waals surface area contributed by atoms with Crippen molar-refractivity contribution in [3.8, 4) is 16.9 Å². The van der Waals surface area contributed by atoms with Crippen LogP contribution >= 0.6 is 0 Å². The number of aryl methyl sites for hydroxylation is 2. The Kier molecular flexibility index (Phi) is 11.9. The fourth-order valence-electron chi connectivity index (χ4n) is 5.48. The molecule has 0 heterocycles. The van der Waals surface area contributed by atoms with E-state index in [1.807, 2.05) is 25.5 Å². The molecule has 0 aliphatic heterocycles. The lowest BCUT2D eigenvalue weighted by atomic mass is 9.86. The number of amidine groups is 1. The lowest BCUT2D eigenvalue weighted by Crippen LogP contribution is -2.37. The average molecular weight is 618 g/mol. The van der Waals surface area contributed by atoms with Crippen LogP contribution in [0.4, 0.5) is 0 Å². The smallest absolute Gasteiger partial charge is 0.254 e. The molecule has 0 saturated carbocycles. The molecule has 0 unspecified atom stereocenters. The van der Waals surface area contributed by atoms with Gasteiger partial charge in [0.1, 0.15) is 11.6 Å². The van der Waals surface area contributed by atoms with Gasteiger partial charge in [-0.1, -0.05) is 94.9 Å². The van der Waals surface area contributed by atoms with Crippen LogP contribution in [0, 0.1) is 11.8 Å². The summed E-state index contributed by atoms with van der Waals surface area (Å²) in [7, 11) is 0. The molecule has 0 atom stereocenters. The first-order chi connectivity index (χ1) is 22.0.